The second-order valence-electron chi connectivity index (χ2n) is 5.55. The number of aliphatic hydroxyl groups excluding tert-OH is 1. The summed E-state index contributed by atoms with van der Waals surface area (Å²) in [5.41, 5.74) is -0.675. The second-order valence-corrected chi connectivity index (χ2v) is 5.55. The van der Waals surface area contributed by atoms with E-state index in [1.165, 1.54) is 6.20 Å². The molecule has 1 aromatic rings. The van der Waals surface area contributed by atoms with Gasteiger partial charge in [-0.15, -0.1) is 0 Å². The van der Waals surface area contributed by atoms with Gasteiger partial charge in [0.2, 0.25) is 0 Å². The smallest absolute Gasteiger partial charge is 0.392 e. The molecule has 1 aliphatic heterocycles. The summed E-state index contributed by atoms with van der Waals surface area (Å²) in [4.78, 5) is 8.06. The maximum Gasteiger partial charge on any atom is 0.416 e. The summed E-state index contributed by atoms with van der Waals surface area (Å²) in [7, 11) is 0. The number of aromatic nitrogens is 1. The molecule has 118 valence electrons. The minimum Gasteiger partial charge on any atom is -0.392 e. The van der Waals surface area contributed by atoms with Gasteiger partial charge in [0.25, 0.3) is 0 Å². The number of hydrogen-bond acceptors (Lipinski definition) is 4. The molecule has 1 aromatic heterocycles. The molecule has 1 fully saturated rings. The monoisotopic (exact) mass is 303 g/mol. The minimum atomic E-state index is -4.35. The molecule has 0 radical (unpaired) electrons. The van der Waals surface area contributed by atoms with Crippen molar-refractivity contribution in [2.24, 2.45) is 0 Å². The van der Waals surface area contributed by atoms with Crippen LogP contribution in [-0.2, 0) is 6.18 Å². The Morgan fingerprint density at radius 1 is 1.43 bits per heavy atom. The van der Waals surface area contributed by atoms with Crippen LogP contribution in [0.4, 0.5) is 19.0 Å². The van der Waals surface area contributed by atoms with Gasteiger partial charge in [0.15, 0.2) is 0 Å². The molecule has 0 unspecified atom stereocenters. The number of hydrogen-bond donors (Lipinski definition) is 1. The van der Waals surface area contributed by atoms with Crippen molar-refractivity contribution in [3.8, 4) is 0 Å². The number of pyridine rings is 1. The number of piperazine rings is 1. The summed E-state index contributed by atoms with van der Waals surface area (Å²) in [6.07, 6.45) is -3.56. The van der Waals surface area contributed by atoms with E-state index in [-0.39, 0.29) is 6.04 Å². The zero-order chi connectivity index (χ0) is 15.6. The highest BCUT2D eigenvalue weighted by atomic mass is 19.4. The lowest BCUT2D eigenvalue weighted by Gasteiger charge is -2.41. The van der Waals surface area contributed by atoms with Gasteiger partial charge in [0.1, 0.15) is 5.82 Å². The zero-order valence-electron chi connectivity index (χ0n) is 12.1. The molecule has 0 spiro atoms. The summed E-state index contributed by atoms with van der Waals surface area (Å²) < 4.78 is 38.3. The van der Waals surface area contributed by atoms with Crippen molar-refractivity contribution < 1.29 is 18.3 Å². The molecule has 2 atom stereocenters. The minimum absolute atomic E-state index is 0.0495. The van der Waals surface area contributed by atoms with E-state index in [4.69, 9.17) is 0 Å². The van der Waals surface area contributed by atoms with Gasteiger partial charge in [-0.25, -0.2) is 4.98 Å². The highest BCUT2D eigenvalue weighted by molar-refractivity contribution is 5.43. The van der Waals surface area contributed by atoms with E-state index < -0.39 is 17.8 Å². The fraction of sp³-hybridized carbons (Fsp3) is 0.643. The van der Waals surface area contributed by atoms with Crippen molar-refractivity contribution in [3.05, 3.63) is 23.9 Å². The van der Waals surface area contributed by atoms with Gasteiger partial charge < -0.3 is 10.0 Å². The van der Waals surface area contributed by atoms with Crippen molar-refractivity contribution in [2.45, 2.75) is 32.2 Å². The summed E-state index contributed by atoms with van der Waals surface area (Å²) in [5.74, 6) is 0.356. The molecule has 0 saturated carbocycles. The summed E-state index contributed by atoms with van der Waals surface area (Å²) >= 11 is 0. The number of aliphatic hydroxyl groups is 1. The van der Waals surface area contributed by atoms with Gasteiger partial charge in [-0.3, -0.25) is 4.90 Å². The quantitative estimate of drug-likeness (QED) is 0.927. The molecule has 0 aromatic carbocycles. The van der Waals surface area contributed by atoms with Crippen LogP contribution >= 0.6 is 0 Å². The largest absolute Gasteiger partial charge is 0.416 e. The van der Waals surface area contributed by atoms with Crippen LogP contribution in [0, 0.1) is 0 Å². The second kappa shape index (κ2) is 6.19. The van der Waals surface area contributed by atoms with Crippen LogP contribution in [0.2, 0.25) is 0 Å². The fourth-order valence-corrected chi connectivity index (χ4v) is 2.66. The predicted octanol–water partition coefficient (Wildman–Crippen LogP) is 1.99. The Morgan fingerprint density at radius 3 is 2.71 bits per heavy atom. The van der Waals surface area contributed by atoms with Gasteiger partial charge in [-0.1, -0.05) is 0 Å². The van der Waals surface area contributed by atoms with Crippen LogP contribution in [0.5, 0.6) is 0 Å². The molecule has 1 saturated heterocycles. The highest BCUT2D eigenvalue weighted by Gasteiger charge is 2.32. The number of anilines is 1. The highest BCUT2D eigenvalue weighted by Crippen LogP contribution is 2.31. The Labute approximate surface area is 122 Å². The Balaban J connectivity index is 2.10. The lowest BCUT2D eigenvalue weighted by molar-refractivity contribution is -0.137. The van der Waals surface area contributed by atoms with Crippen LogP contribution in [0.1, 0.15) is 19.4 Å². The van der Waals surface area contributed by atoms with Crippen LogP contribution in [0.3, 0.4) is 0 Å². The standard InChI is InChI=1S/C14H20F3N3O/c1-10-8-19(9-11(2)21)5-6-20(10)13-7-12(3-4-18-13)14(15,16)17/h3-4,7,10-11,21H,5-6,8-9H2,1-2H3/t10-,11-/m0/s1. The lowest BCUT2D eigenvalue weighted by atomic mass is 10.1. The van der Waals surface area contributed by atoms with E-state index >= 15 is 0 Å². The van der Waals surface area contributed by atoms with Crippen LogP contribution in [0.25, 0.3) is 0 Å². The zero-order valence-corrected chi connectivity index (χ0v) is 12.1. The predicted molar refractivity (Wildman–Crippen MR) is 74.2 cm³/mol. The Morgan fingerprint density at radius 2 is 2.14 bits per heavy atom. The van der Waals surface area contributed by atoms with E-state index in [1.54, 1.807) is 6.92 Å². The Kier molecular flexibility index (Phi) is 4.73. The fourth-order valence-electron chi connectivity index (χ4n) is 2.66. The maximum absolute atomic E-state index is 12.8. The third-order valence-electron chi connectivity index (χ3n) is 3.60. The van der Waals surface area contributed by atoms with Gasteiger partial charge in [-0.05, 0) is 26.0 Å². The SMILES string of the molecule is C[C@H](O)CN1CCN(c2cc(C(F)(F)F)ccn2)[C@@H](C)C1. The lowest BCUT2D eigenvalue weighted by Crippen LogP contribution is -2.53. The molecule has 7 heteroatoms. The summed E-state index contributed by atoms with van der Waals surface area (Å²) in [5, 5.41) is 9.41. The first-order valence-corrected chi connectivity index (χ1v) is 6.97. The Hall–Kier alpha value is -1.34. The van der Waals surface area contributed by atoms with Crippen molar-refractivity contribution in [2.75, 3.05) is 31.1 Å². The van der Waals surface area contributed by atoms with Gasteiger partial charge in [0.05, 0.1) is 11.7 Å². The normalized spacial score (nSPS) is 22.4. The first-order valence-electron chi connectivity index (χ1n) is 6.97. The van der Waals surface area contributed by atoms with Gasteiger partial charge in [0, 0.05) is 38.4 Å². The molecule has 0 aliphatic carbocycles. The number of rotatable bonds is 3. The summed E-state index contributed by atoms with van der Waals surface area (Å²) in [6, 6.07) is 2.13. The van der Waals surface area contributed by atoms with Crippen LogP contribution < -0.4 is 4.90 Å². The van der Waals surface area contributed by atoms with E-state index in [1.807, 2.05) is 11.8 Å². The van der Waals surface area contributed by atoms with Crippen LogP contribution in [-0.4, -0.2) is 53.3 Å². The number of halogens is 3. The first kappa shape index (κ1) is 16.0. The van der Waals surface area contributed by atoms with Gasteiger partial charge >= 0.3 is 6.18 Å². The Bertz CT molecular complexity index is 479. The molecular weight excluding hydrogens is 283 g/mol. The molecular formula is C14H20F3N3O. The van der Waals surface area contributed by atoms with Crippen LogP contribution in [0.15, 0.2) is 18.3 Å². The van der Waals surface area contributed by atoms with Crippen molar-refractivity contribution >= 4 is 5.82 Å². The molecule has 4 nitrogen and oxygen atoms in total. The van der Waals surface area contributed by atoms with E-state index in [0.717, 1.165) is 12.1 Å². The number of alkyl halides is 3. The average molecular weight is 303 g/mol. The number of nitrogens with zero attached hydrogens (tertiary/aromatic N) is 3. The number of β-amino-alcohol motifs (C(OH)–C–C–N with tert-alkyl or cyclic N) is 1. The molecule has 2 rings (SSSR count). The first-order chi connectivity index (χ1) is 9.77. The summed E-state index contributed by atoms with van der Waals surface area (Å²) in [6.45, 7) is 6.26. The molecule has 1 N–H and O–H groups in total. The average Bonchev–Trinajstić information content (AvgIpc) is 2.37. The molecule has 21 heavy (non-hydrogen) atoms. The molecule has 0 bridgehead atoms. The maximum atomic E-state index is 12.8. The third-order valence-corrected chi connectivity index (χ3v) is 3.60. The van der Waals surface area contributed by atoms with Gasteiger partial charge in [-0.2, -0.15) is 13.2 Å². The van der Waals surface area contributed by atoms with E-state index in [0.29, 0.717) is 32.0 Å². The van der Waals surface area contributed by atoms with E-state index in [9.17, 15) is 18.3 Å². The van der Waals surface area contributed by atoms with Crippen molar-refractivity contribution in [1.82, 2.24) is 9.88 Å². The van der Waals surface area contributed by atoms with Crippen molar-refractivity contribution in [1.29, 1.82) is 0 Å². The topological polar surface area (TPSA) is 39.6 Å². The third kappa shape index (κ3) is 4.07. The molecule has 1 aliphatic rings. The van der Waals surface area contributed by atoms with Crippen molar-refractivity contribution in [3.63, 3.8) is 0 Å². The molecule has 0 amide bonds. The van der Waals surface area contributed by atoms with E-state index in [2.05, 4.69) is 9.88 Å². The molecule has 2 heterocycles.